The Morgan fingerprint density at radius 2 is 1.79 bits per heavy atom. The molecule has 1 aliphatic heterocycles. The summed E-state index contributed by atoms with van der Waals surface area (Å²) in [4.78, 5) is 5.96. The Hall–Kier alpha value is -1.73. The second kappa shape index (κ2) is 7.03. The second-order valence-corrected chi connectivity index (χ2v) is 6.24. The van der Waals surface area contributed by atoms with Crippen molar-refractivity contribution in [1.82, 2.24) is 4.98 Å². The highest BCUT2D eigenvalue weighted by atomic mass is 32.2. The quantitative estimate of drug-likeness (QED) is 0.767. The van der Waals surface area contributed by atoms with E-state index in [4.69, 9.17) is 4.74 Å². The van der Waals surface area contributed by atoms with Crippen molar-refractivity contribution >= 4 is 17.4 Å². The summed E-state index contributed by atoms with van der Waals surface area (Å²) in [6.07, 6.45) is -0.896. The van der Waals surface area contributed by atoms with Gasteiger partial charge in [0.05, 0.1) is 23.8 Å². The molecule has 3 rings (SSSR count). The third-order valence-corrected chi connectivity index (χ3v) is 4.59. The molecule has 2 aromatic rings. The van der Waals surface area contributed by atoms with E-state index in [1.807, 2.05) is 12.3 Å². The zero-order chi connectivity index (χ0) is 17.2. The number of nitrogens with zero attached hydrogens (tertiary/aromatic N) is 2. The smallest absolute Gasteiger partial charge is 0.378 e. The molecule has 0 bridgehead atoms. The van der Waals surface area contributed by atoms with Gasteiger partial charge in [-0.15, -0.1) is 11.8 Å². The maximum absolute atomic E-state index is 13.5. The Morgan fingerprint density at radius 3 is 2.38 bits per heavy atom. The van der Waals surface area contributed by atoms with Gasteiger partial charge in [-0.2, -0.15) is 13.2 Å². The second-order valence-electron chi connectivity index (χ2n) is 5.42. The van der Waals surface area contributed by atoms with Gasteiger partial charge in [-0.25, -0.2) is 4.98 Å². The van der Waals surface area contributed by atoms with Gasteiger partial charge in [0.1, 0.15) is 0 Å². The van der Waals surface area contributed by atoms with Crippen LogP contribution in [0.2, 0.25) is 0 Å². The van der Waals surface area contributed by atoms with Crippen molar-refractivity contribution < 1.29 is 17.9 Å². The lowest BCUT2D eigenvalue weighted by Gasteiger charge is -2.31. The molecule has 7 heteroatoms. The SMILES string of the molecule is CSc1ccc(-c2ccc(N3CCOCC3)c(C(F)(F)F)c2)cn1. The summed E-state index contributed by atoms with van der Waals surface area (Å²) in [7, 11) is 0. The Bertz CT molecular complexity index is 698. The number of morpholine rings is 1. The van der Waals surface area contributed by atoms with Crippen LogP contribution in [0.4, 0.5) is 18.9 Å². The topological polar surface area (TPSA) is 25.4 Å². The minimum Gasteiger partial charge on any atom is -0.378 e. The molecule has 0 spiro atoms. The first kappa shape index (κ1) is 17.1. The number of halogens is 3. The normalized spacial score (nSPS) is 15.6. The minimum atomic E-state index is -4.41. The maximum atomic E-state index is 13.5. The van der Waals surface area contributed by atoms with Crippen molar-refractivity contribution in [1.29, 1.82) is 0 Å². The van der Waals surface area contributed by atoms with Gasteiger partial charge in [0, 0.05) is 30.5 Å². The van der Waals surface area contributed by atoms with E-state index in [9.17, 15) is 13.2 Å². The molecule has 1 aromatic heterocycles. The van der Waals surface area contributed by atoms with Crippen LogP contribution in [0.1, 0.15) is 5.56 Å². The lowest BCUT2D eigenvalue weighted by molar-refractivity contribution is -0.137. The summed E-state index contributed by atoms with van der Waals surface area (Å²) in [5, 5.41) is 0.833. The molecule has 1 aliphatic rings. The Balaban J connectivity index is 2.00. The van der Waals surface area contributed by atoms with Crippen LogP contribution in [-0.2, 0) is 10.9 Å². The van der Waals surface area contributed by atoms with E-state index in [1.165, 1.54) is 17.8 Å². The molecule has 1 aromatic carbocycles. The van der Waals surface area contributed by atoms with Gasteiger partial charge >= 0.3 is 6.18 Å². The van der Waals surface area contributed by atoms with E-state index in [0.29, 0.717) is 37.4 Å². The molecule has 1 fully saturated rings. The lowest BCUT2D eigenvalue weighted by atomic mass is 10.0. The summed E-state index contributed by atoms with van der Waals surface area (Å²) in [5.74, 6) is 0. The Labute approximate surface area is 142 Å². The molecule has 0 atom stereocenters. The molecule has 0 radical (unpaired) electrons. The number of rotatable bonds is 3. The highest BCUT2D eigenvalue weighted by molar-refractivity contribution is 7.98. The summed E-state index contributed by atoms with van der Waals surface area (Å²) in [5.41, 5.74) is 0.783. The number of ether oxygens (including phenoxy) is 1. The first-order valence-corrected chi connectivity index (χ1v) is 8.76. The molecule has 2 heterocycles. The van der Waals surface area contributed by atoms with Crippen LogP contribution in [-0.4, -0.2) is 37.5 Å². The number of aromatic nitrogens is 1. The molecule has 3 nitrogen and oxygen atoms in total. The first-order chi connectivity index (χ1) is 11.5. The molecule has 24 heavy (non-hydrogen) atoms. The molecule has 1 saturated heterocycles. The predicted molar refractivity (Wildman–Crippen MR) is 89.5 cm³/mol. The number of pyridine rings is 1. The molecule has 0 saturated carbocycles. The van der Waals surface area contributed by atoms with Crippen molar-refractivity contribution in [2.24, 2.45) is 0 Å². The number of benzene rings is 1. The van der Waals surface area contributed by atoms with E-state index >= 15 is 0 Å². The van der Waals surface area contributed by atoms with Crippen LogP contribution in [0.3, 0.4) is 0 Å². The van der Waals surface area contributed by atoms with Crippen molar-refractivity contribution in [2.75, 3.05) is 37.5 Å². The highest BCUT2D eigenvalue weighted by Gasteiger charge is 2.35. The lowest BCUT2D eigenvalue weighted by Crippen LogP contribution is -2.37. The fraction of sp³-hybridized carbons (Fsp3) is 0.353. The summed E-state index contributed by atoms with van der Waals surface area (Å²) in [6.45, 7) is 1.82. The molecular formula is C17H17F3N2OS. The monoisotopic (exact) mass is 354 g/mol. The molecule has 0 amide bonds. The molecule has 0 unspecified atom stereocenters. The fourth-order valence-corrected chi connectivity index (χ4v) is 3.06. The van der Waals surface area contributed by atoms with E-state index in [-0.39, 0.29) is 5.69 Å². The zero-order valence-corrected chi connectivity index (χ0v) is 14.0. The molecule has 128 valence electrons. The number of thioether (sulfide) groups is 1. The number of anilines is 1. The average Bonchev–Trinajstić information content (AvgIpc) is 2.61. The predicted octanol–water partition coefficient (Wildman–Crippen LogP) is 4.33. The largest absolute Gasteiger partial charge is 0.418 e. The van der Waals surface area contributed by atoms with Crippen molar-refractivity contribution in [3.05, 3.63) is 42.1 Å². The van der Waals surface area contributed by atoms with Gasteiger partial charge in [-0.1, -0.05) is 12.1 Å². The molecule has 0 aliphatic carbocycles. The van der Waals surface area contributed by atoms with Gasteiger partial charge < -0.3 is 9.64 Å². The third-order valence-electron chi connectivity index (χ3n) is 3.93. The third kappa shape index (κ3) is 3.67. The van der Waals surface area contributed by atoms with Crippen LogP contribution in [0.15, 0.2) is 41.6 Å². The fourth-order valence-electron chi connectivity index (χ4n) is 2.69. The van der Waals surface area contributed by atoms with E-state index in [1.54, 1.807) is 29.3 Å². The first-order valence-electron chi connectivity index (χ1n) is 7.53. The highest BCUT2D eigenvalue weighted by Crippen LogP contribution is 2.39. The summed E-state index contributed by atoms with van der Waals surface area (Å²) in [6, 6.07) is 8.08. The standard InChI is InChI=1S/C17H17F3N2OS/c1-24-16-5-3-13(11-21-16)12-2-4-15(14(10-12)17(18,19)20)22-6-8-23-9-7-22/h2-5,10-11H,6-9H2,1H3. The van der Waals surface area contributed by atoms with Gasteiger partial charge in [-0.05, 0) is 30.0 Å². The Kier molecular flexibility index (Phi) is 5.01. The van der Waals surface area contributed by atoms with Crippen molar-refractivity contribution in [3.8, 4) is 11.1 Å². The number of hydrogen-bond donors (Lipinski definition) is 0. The summed E-state index contributed by atoms with van der Waals surface area (Å²) >= 11 is 1.49. The number of hydrogen-bond acceptors (Lipinski definition) is 4. The average molecular weight is 354 g/mol. The zero-order valence-electron chi connectivity index (χ0n) is 13.1. The van der Waals surface area contributed by atoms with Crippen LogP contribution in [0.25, 0.3) is 11.1 Å². The van der Waals surface area contributed by atoms with Crippen molar-refractivity contribution in [2.45, 2.75) is 11.2 Å². The van der Waals surface area contributed by atoms with Gasteiger partial charge in [0.25, 0.3) is 0 Å². The van der Waals surface area contributed by atoms with Crippen LogP contribution >= 0.6 is 11.8 Å². The number of alkyl halides is 3. The molecule has 0 N–H and O–H groups in total. The van der Waals surface area contributed by atoms with E-state index in [0.717, 1.165) is 5.03 Å². The van der Waals surface area contributed by atoms with Crippen LogP contribution < -0.4 is 4.90 Å². The van der Waals surface area contributed by atoms with E-state index < -0.39 is 11.7 Å². The van der Waals surface area contributed by atoms with Crippen LogP contribution in [0, 0.1) is 0 Å². The van der Waals surface area contributed by atoms with Crippen LogP contribution in [0.5, 0.6) is 0 Å². The summed E-state index contributed by atoms with van der Waals surface area (Å²) < 4.78 is 45.9. The van der Waals surface area contributed by atoms with Crippen molar-refractivity contribution in [3.63, 3.8) is 0 Å². The van der Waals surface area contributed by atoms with Gasteiger partial charge in [0.2, 0.25) is 0 Å². The Morgan fingerprint density at radius 1 is 1.08 bits per heavy atom. The maximum Gasteiger partial charge on any atom is 0.418 e. The minimum absolute atomic E-state index is 0.211. The van der Waals surface area contributed by atoms with Gasteiger partial charge in [-0.3, -0.25) is 0 Å². The molecular weight excluding hydrogens is 337 g/mol. The van der Waals surface area contributed by atoms with E-state index in [2.05, 4.69) is 4.98 Å². The van der Waals surface area contributed by atoms with Gasteiger partial charge in [0.15, 0.2) is 0 Å².